The second-order valence-electron chi connectivity index (χ2n) is 4.16. The van der Waals surface area contributed by atoms with Gasteiger partial charge in [0.2, 0.25) is 10.0 Å². The largest absolute Gasteiger partial charge is 0.395 e. The molecule has 0 bridgehead atoms. The first-order valence-electron chi connectivity index (χ1n) is 5.87. The number of rotatable bonds is 6. The zero-order valence-electron chi connectivity index (χ0n) is 11.2. The Morgan fingerprint density at radius 2 is 2.16 bits per heavy atom. The highest BCUT2D eigenvalue weighted by atomic mass is 32.2. The van der Waals surface area contributed by atoms with Gasteiger partial charge in [0.25, 0.3) is 5.91 Å². The predicted molar refractivity (Wildman–Crippen MR) is 70.3 cm³/mol. The summed E-state index contributed by atoms with van der Waals surface area (Å²) in [4.78, 5) is 11.5. The number of aryl methyl sites for hydroxylation is 1. The number of hydrogen-bond donors (Lipinski definition) is 3. The second-order valence-corrected chi connectivity index (χ2v) is 5.87. The summed E-state index contributed by atoms with van der Waals surface area (Å²) in [5.41, 5.74) is 0.250. The van der Waals surface area contributed by atoms with Gasteiger partial charge in [-0.15, -0.1) is 0 Å². The van der Waals surface area contributed by atoms with E-state index in [2.05, 4.69) is 10.0 Å². The Labute approximate surface area is 112 Å². The molecule has 3 N–H and O–H groups in total. The van der Waals surface area contributed by atoms with Crippen molar-refractivity contribution in [2.45, 2.75) is 24.3 Å². The van der Waals surface area contributed by atoms with Crippen molar-refractivity contribution < 1.29 is 18.3 Å². The smallest absolute Gasteiger partial charge is 0.267 e. The van der Waals surface area contributed by atoms with Gasteiger partial charge in [-0.2, -0.15) is 0 Å². The number of aliphatic hydroxyl groups is 1. The lowest BCUT2D eigenvalue weighted by Crippen LogP contribution is -2.36. The average Bonchev–Trinajstić information content (AvgIpc) is 2.78. The van der Waals surface area contributed by atoms with Gasteiger partial charge in [-0.3, -0.25) is 4.79 Å². The van der Waals surface area contributed by atoms with Gasteiger partial charge >= 0.3 is 0 Å². The van der Waals surface area contributed by atoms with Gasteiger partial charge in [-0.1, -0.05) is 6.92 Å². The first-order chi connectivity index (χ1) is 8.85. The number of nitrogens with one attached hydrogen (secondary N) is 2. The minimum atomic E-state index is -3.74. The van der Waals surface area contributed by atoms with Crippen molar-refractivity contribution in [3.8, 4) is 0 Å². The molecule has 0 unspecified atom stereocenters. The monoisotopic (exact) mass is 289 g/mol. The maximum atomic E-state index is 12.1. The normalized spacial score (nSPS) is 13.3. The number of carbonyl (C=O) groups excluding carboxylic acids is 1. The molecule has 0 fully saturated rings. The van der Waals surface area contributed by atoms with E-state index in [1.807, 2.05) is 0 Å². The molecule has 1 atom stereocenters. The fourth-order valence-corrected chi connectivity index (χ4v) is 2.95. The van der Waals surface area contributed by atoms with Crippen molar-refractivity contribution in [2.24, 2.45) is 7.05 Å². The van der Waals surface area contributed by atoms with Crippen LogP contribution < -0.4 is 10.0 Å². The fourth-order valence-electron chi connectivity index (χ4n) is 1.57. The molecule has 1 rings (SSSR count). The van der Waals surface area contributed by atoms with E-state index in [0.717, 1.165) is 0 Å². The van der Waals surface area contributed by atoms with E-state index < -0.39 is 16.1 Å². The van der Waals surface area contributed by atoms with Gasteiger partial charge in [0.05, 0.1) is 6.61 Å². The van der Waals surface area contributed by atoms with Crippen LogP contribution in [-0.2, 0) is 17.1 Å². The highest BCUT2D eigenvalue weighted by molar-refractivity contribution is 7.89. The third-order valence-corrected chi connectivity index (χ3v) is 4.27. The Hall–Kier alpha value is -1.38. The molecular formula is C11H19N3O4S. The Balaban J connectivity index is 3.06. The number of amides is 1. The van der Waals surface area contributed by atoms with Gasteiger partial charge < -0.3 is 15.0 Å². The van der Waals surface area contributed by atoms with Crippen LogP contribution in [0.2, 0.25) is 0 Å². The minimum Gasteiger partial charge on any atom is -0.395 e. The summed E-state index contributed by atoms with van der Waals surface area (Å²) in [7, 11) is -0.675. The van der Waals surface area contributed by atoms with Crippen LogP contribution in [0, 0.1) is 0 Å². The summed E-state index contributed by atoms with van der Waals surface area (Å²) in [5, 5.41) is 11.5. The second kappa shape index (κ2) is 6.18. The van der Waals surface area contributed by atoms with Crippen molar-refractivity contribution in [3.05, 3.63) is 18.0 Å². The summed E-state index contributed by atoms with van der Waals surface area (Å²) in [6, 6.07) is 0.763. The van der Waals surface area contributed by atoms with Crippen LogP contribution >= 0.6 is 0 Å². The first kappa shape index (κ1) is 15.7. The molecule has 7 nitrogen and oxygen atoms in total. The molecule has 0 aromatic carbocycles. The molecule has 0 saturated heterocycles. The lowest BCUT2D eigenvalue weighted by Gasteiger charge is -2.13. The van der Waals surface area contributed by atoms with Crippen LogP contribution in [0.25, 0.3) is 0 Å². The Morgan fingerprint density at radius 1 is 1.53 bits per heavy atom. The number of hydrogen-bond acceptors (Lipinski definition) is 4. The maximum absolute atomic E-state index is 12.1. The molecule has 0 aliphatic carbocycles. The van der Waals surface area contributed by atoms with E-state index >= 15 is 0 Å². The molecule has 0 spiro atoms. The van der Waals surface area contributed by atoms with Crippen LogP contribution in [0.1, 0.15) is 23.8 Å². The summed E-state index contributed by atoms with van der Waals surface area (Å²) < 4.78 is 28.0. The molecule has 0 saturated carbocycles. The molecule has 8 heteroatoms. The summed E-state index contributed by atoms with van der Waals surface area (Å²) >= 11 is 0. The highest BCUT2D eigenvalue weighted by Crippen LogP contribution is 2.14. The van der Waals surface area contributed by atoms with Crippen LogP contribution in [0.15, 0.2) is 17.2 Å². The van der Waals surface area contributed by atoms with Crippen LogP contribution in [0.4, 0.5) is 0 Å². The lowest BCUT2D eigenvalue weighted by molar-refractivity contribution is 0.0955. The molecule has 1 amide bonds. The topological polar surface area (TPSA) is 100 Å². The summed E-state index contributed by atoms with van der Waals surface area (Å²) in [6.45, 7) is 1.50. The summed E-state index contributed by atoms with van der Waals surface area (Å²) in [6.07, 6.45) is 1.84. The molecule has 0 aliphatic rings. The Morgan fingerprint density at radius 3 is 2.63 bits per heavy atom. The number of carbonyl (C=O) groups is 1. The van der Waals surface area contributed by atoms with Gasteiger partial charge in [-0.25, -0.2) is 13.1 Å². The number of nitrogens with zero attached hydrogens (tertiary/aromatic N) is 1. The first-order valence-corrected chi connectivity index (χ1v) is 7.35. The molecule has 108 valence electrons. The van der Waals surface area contributed by atoms with Crippen molar-refractivity contribution >= 4 is 15.9 Å². The Bertz CT molecular complexity index is 546. The van der Waals surface area contributed by atoms with E-state index in [1.54, 1.807) is 14.0 Å². The van der Waals surface area contributed by atoms with E-state index in [-0.39, 0.29) is 23.1 Å². The van der Waals surface area contributed by atoms with Crippen LogP contribution in [0.5, 0.6) is 0 Å². The lowest BCUT2D eigenvalue weighted by atomic mass is 10.3. The van der Waals surface area contributed by atoms with Crippen molar-refractivity contribution in [1.29, 1.82) is 0 Å². The number of sulfonamides is 1. The quantitative estimate of drug-likeness (QED) is 0.653. The van der Waals surface area contributed by atoms with E-state index in [1.165, 1.54) is 23.9 Å². The predicted octanol–water partition coefficient (Wildman–Crippen LogP) is -0.566. The molecule has 1 aromatic rings. The van der Waals surface area contributed by atoms with Gasteiger partial charge in [-0.05, 0) is 12.5 Å². The van der Waals surface area contributed by atoms with Gasteiger partial charge in [0, 0.05) is 26.3 Å². The van der Waals surface area contributed by atoms with Crippen molar-refractivity contribution in [1.82, 2.24) is 14.6 Å². The SMILES string of the molecule is CC[C@H](CO)NS(=O)(=O)c1cc(C(=O)NC)n(C)c1. The molecule has 1 aromatic heterocycles. The van der Waals surface area contributed by atoms with Crippen molar-refractivity contribution in [3.63, 3.8) is 0 Å². The van der Waals surface area contributed by atoms with E-state index in [9.17, 15) is 13.2 Å². The molecule has 1 heterocycles. The van der Waals surface area contributed by atoms with Gasteiger partial charge in [0.1, 0.15) is 10.6 Å². The van der Waals surface area contributed by atoms with Crippen molar-refractivity contribution in [2.75, 3.05) is 13.7 Å². The third-order valence-electron chi connectivity index (χ3n) is 2.78. The third kappa shape index (κ3) is 3.55. The zero-order valence-corrected chi connectivity index (χ0v) is 12.0. The van der Waals surface area contributed by atoms with Crippen LogP contribution in [-0.4, -0.2) is 43.7 Å². The number of aliphatic hydroxyl groups excluding tert-OH is 1. The number of aromatic nitrogens is 1. The molecular weight excluding hydrogens is 270 g/mol. The maximum Gasteiger partial charge on any atom is 0.267 e. The van der Waals surface area contributed by atoms with Gasteiger partial charge in [0.15, 0.2) is 0 Å². The average molecular weight is 289 g/mol. The molecule has 0 radical (unpaired) electrons. The van der Waals surface area contributed by atoms with E-state index in [4.69, 9.17) is 5.11 Å². The Kier molecular flexibility index (Phi) is 5.10. The minimum absolute atomic E-state index is 0.000463. The van der Waals surface area contributed by atoms with E-state index in [0.29, 0.717) is 6.42 Å². The highest BCUT2D eigenvalue weighted by Gasteiger charge is 2.22. The molecule has 19 heavy (non-hydrogen) atoms. The molecule has 0 aliphatic heterocycles. The fraction of sp³-hybridized carbons (Fsp3) is 0.545. The van der Waals surface area contributed by atoms with Crippen LogP contribution in [0.3, 0.4) is 0 Å². The summed E-state index contributed by atoms with van der Waals surface area (Å²) in [5.74, 6) is -0.363. The zero-order chi connectivity index (χ0) is 14.6. The standard InChI is InChI=1S/C11H19N3O4S/c1-4-8(7-15)13-19(17,18)9-5-10(11(16)12-2)14(3)6-9/h5-6,8,13,15H,4,7H2,1-3H3,(H,12,16)/t8-/m1/s1.